The minimum absolute atomic E-state index is 0.118. The molecule has 2 unspecified atom stereocenters. The molecular formula is C21H28ClN3O4. The van der Waals surface area contributed by atoms with Gasteiger partial charge in [0, 0.05) is 23.2 Å². The highest BCUT2D eigenvalue weighted by atomic mass is 35.5. The van der Waals surface area contributed by atoms with Crippen molar-refractivity contribution in [2.24, 2.45) is 10.9 Å². The molecule has 4 heterocycles. The molecule has 0 amide bonds. The van der Waals surface area contributed by atoms with Crippen molar-refractivity contribution in [3.8, 4) is 0 Å². The van der Waals surface area contributed by atoms with Crippen LogP contribution < -0.4 is 0 Å². The van der Waals surface area contributed by atoms with E-state index in [2.05, 4.69) is 21.7 Å². The van der Waals surface area contributed by atoms with E-state index >= 15 is 0 Å². The maximum absolute atomic E-state index is 10.9. The van der Waals surface area contributed by atoms with Gasteiger partial charge >= 0.3 is 0 Å². The molecule has 0 radical (unpaired) electrons. The van der Waals surface area contributed by atoms with Gasteiger partial charge in [0.2, 0.25) is 0 Å². The quantitative estimate of drug-likeness (QED) is 0.752. The predicted octanol–water partition coefficient (Wildman–Crippen LogP) is 1.41. The molecular weight excluding hydrogens is 394 g/mol. The normalized spacial score (nSPS) is 40.6. The number of nitrogens with zero attached hydrogens (tertiary/aromatic N) is 3. The standard InChI is InChI=1S/C21H28ClN3O4/c1-11-14-5-7-25(20(14)24(2)10-23-11)21-17(27)16(26)19(29-21)18-15-9-13(22)4-3-12(15)6-8-28-18/h3-4,9,14,16-21,26-27H,5-8,10H2,1-2H3/t14?,16-,17+,18+,19-,20?,21+/m0/s1. The van der Waals surface area contributed by atoms with Gasteiger partial charge in [-0.15, -0.1) is 0 Å². The smallest absolute Gasteiger partial charge is 0.141 e. The summed E-state index contributed by atoms with van der Waals surface area (Å²) < 4.78 is 12.3. The Morgan fingerprint density at radius 2 is 2.07 bits per heavy atom. The zero-order valence-corrected chi connectivity index (χ0v) is 17.5. The summed E-state index contributed by atoms with van der Waals surface area (Å²) in [6.45, 7) is 4.06. The van der Waals surface area contributed by atoms with Crippen LogP contribution in [0.1, 0.15) is 30.6 Å². The Hall–Kier alpha value is -1.06. The van der Waals surface area contributed by atoms with Gasteiger partial charge < -0.3 is 19.7 Å². The van der Waals surface area contributed by atoms with Crippen LogP contribution in [-0.4, -0.2) is 83.3 Å². The lowest BCUT2D eigenvalue weighted by Crippen LogP contribution is -2.56. The number of ether oxygens (including phenoxy) is 2. The van der Waals surface area contributed by atoms with Gasteiger partial charge in [-0.2, -0.15) is 0 Å². The average molecular weight is 422 g/mol. The van der Waals surface area contributed by atoms with E-state index in [1.165, 1.54) is 0 Å². The van der Waals surface area contributed by atoms with Gasteiger partial charge in [0.15, 0.2) is 0 Å². The van der Waals surface area contributed by atoms with Crippen molar-refractivity contribution >= 4 is 17.3 Å². The second-order valence-corrected chi connectivity index (χ2v) is 9.04. The van der Waals surface area contributed by atoms with E-state index in [0.717, 1.165) is 36.2 Å². The van der Waals surface area contributed by atoms with Crippen LogP contribution in [0.4, 0.5) is 0 Å². The van der Waals surface area contributed by atoms with E-state index in [-0.39, 0.29) is 6.17 Å². The number of hydrogen-bond donors (Lipinski definition) is 2. The minimum atomic E-state index is -1.03. The van der Waals surface area contributed by atoms with Crippen molar-refractivity contribution in [3.63, 3.8) is 0 Å². The maximum atomic E-state index is 10.9. The van der Waals surface area contributed by atoms with Crippen LogP contribution in [0.15, 0.2) is 23.2 Å². The molecule has 8 heteroatoms. The highest BCUT2D eigenvalue weighted by Gasteiger charge is 2.54. The van der Waals surface area contributed by atoms with Gasteiger partial charge in [0.1, 0.15) is 30.6 Å². The Morgan fingerprint density at radius 3 is 2.90 bits per heavy atom. The number of aliphatic hydroxyl groups is 2. The molecule has 0 spiro atoms. The number of rotatable bonds is 2. The second kappa shape index (κ2) is 7.57. The fourth-order valence-electron chi connectivity index (χ4n) is 5.41. The first-order chi connectivity index (χ1) is 14.0. The van der Waals surface area contributed by atoms with Crippen LogP contribution in [0.3, 0.4) is 0 Å². The molecule has 2 fully saturated rings. The molecule has 1 aromatic rings. The molecule has 4 aliphatic rings. The summed E-state index contributed by atoms with van der Waals surface area (Å²) in [4.78, 5) is 8.97. The third kappa shape index (κ3) is 3.24. The van der Waals surface area contributed by atoms with E-state index in [4.69, 9.17) is 21.1 Å². The SMILES string of the molecule is CC1=NCN(C)C2C1CCN2[C@@H]1O[C@H]([C@@H]2OCCc3ccc(Cl)cc32)[C@@H](O)[C@H]1O. The second-order valence-electron chi connectivity index (χ2n) is 8.60. The molecule has 29 heavy (non-hydrogen) atoms. The van der Waals surface area contributed by atoms with E-state index in [1.807, 2.05) is 25.2 Å². The Bertz CT molecular complexity index is 821. The first-order valence-corrected chi connectivity index (χ1v) is 10.7. The van der Waals surface area contributed by atoms with E-state index < -0.39 is 30.6 Å². The van der Waals surface area contributed by atoms with Crippen LogP contribution in [-0.2, 0) is 15.9 Å². The number of likely N-dealkylation sites (tertiary alicyclic amines) is 1. The van der Waals surface area contributed by atoms with E-state index in [1.54, 1.807) is 0 Å². The third-order valence-corrected chi connectivity index (χ3v) is 7.15. The summed E-state index contributed by atoms with van der Waals surface area (Å²) in [6, 6.07) is 5.77. The van der Waals surface area contributed by atoms with Crippen molar-refractivity contribution in [2.45, 2.75) is 56.6 Å². The number of halogens is 1. The third-order valence-electron chi connectivity index (χ3n) is 6.91. The zero-order valence-electron chi connectivity index (χ0n) is 16.7. The molecule has 0 saturated carbocycles. The van der Waals surface area contributed by atoms with Crippen LogP contribution >= 0.6 is 11.6 Å². The first-order valence-electron chi connectivity index (χ1n) is 10.3. The fraction of sp³-hybridized carbons (Fsp3) is 0.667. The minimum Gasteiger partial charge on any atom is -0.387 e. The van der Waals surface area contributed by atoms with Gasteiger partial charge in [-0.25, -0.2) is 0 Å². The number of aliphatic hydroxyl groups excluding tert-OH is 2. The summed E-state index contributed by atoms with van der Waals surface area (Å²) >= 11 is 6.22. The lowest BCUT2D eigenvalue weighted by atomic mass is 9.92. The van der Waals surface area contributed by atoms with Gasteiger partial charge in [0.25, 0.3) is 0 Å². The monoisotopic (exact) mass is 421 g/mol. The summed E-state index contributed by atoms with van der Waals surface area (Å²) in [7, 11) is 2.05. The van der Waals surface area contributed by atoms with Gasteiger partial charge in [-0.3, -0.25) is 14.8 Å². The predicted molar refractivity (Wildman–Crippen MR) is 109 cm³/mol. The van der Waals surface area contributed by atoms with Gasteiger partial charge in [-0.1, -0.05) is 17.7 Å². The molecule has 4 aliphatic heterocycles. The van der Waals surface area contributed by atoms with Crippen molar-refractivity contribution in [1.29, 1.82) is 0 Å². The highest BCUT2D eigenvalue weighted by Crippen LogP contribution is 2.42. The first kappa shape index (κ1) is 19.9. The molecule has 0 aliphatic carbocycles. The molecule has 5 rings (SSSR count). The molecule has 2 saturated heterocycles. The van der Waals surface area contributed by atoms with E-state index in [0.29, 0.717) is 24.2 Å². The Balaban J connectivity index is 1.41. The largest absolute Gasteiger partial charge is 0.387 e. The van der Waals surface area contributed by atoms with Crippen molar-refractivity contribution in [3.05, 3.63) is 34.3 Å². The van der Waals surface area contributed by atoms with E-state index in [9.17, 15) is 10.2 Å². The molecule has 7 atom stereocenters. The number of benzene rings is 1. The van der Waals surface area contributed by atoms with Crippen LogP contribution in [0.2, 0.25) is 5.02 Å². The van der Waals surface area contributed by atoms with Crippen LogP contribution in [0, 0.1) is 5.92 Å². The molecule has 1 aromatic carbocycles. The molecule has 7 nitrogen and oxygen atoms in total. The zero-order chi connectivity index (χ0) is 20.3. The summed E-state index contributed by atoms with van der Waals surface area (Å²) in [5.41, 5.74) is 3.25. The lowest BCUT2D eigenvalue weighted by molar-refractivity contribution is -0.149. The van der Waals surface area contributed by atoms with Crippen molar-refractivity contribution < 1.29 is 19.7 Å². The Labute approximate surface area is 175 Å². The summed E-state index contributed by atoms with van der Waals surface area (Å²) in [5, 5.41) is 22.4. The van der Waals surface area contributed by atoms with Gasteiger partial charge in [-0.05, 0) is 50.1 Å². The average Bonchev–Trinajstić information content (AvgIpc) is 3.27. The number of fused-ring (bicyclic) bond motifs is 2. The molecule has 0 bridgehead atoms. The number of hydrogen-bond acceptors (Lipinski definition) is 7. The van der Waals surface area contributed by atoms with Crippen molar-refractivity contribution in [2.75, 3.05) is 26.9 Å². The maximum Gasteiger partial charge on any atom is 0.141 e. The fourth-order valence-corrected chi connectivity index (χ4v) is 5.59. The van der Waals surface area contributed by atoms with Gasteiger partial charge in [0.05, 0.1) is 19.4 Å². The van der Waals surface area contributed by atoms with Crippen LogP contribution in [0.5, 0.6) is 0 Å². The Morgan fingerprint density at radius 1 is 1.24 bits per heavy atom. The number of aliphatic imine (C=N–C) groups is 1. The topological polar surface area (TPSA) is 77.8 Å². The highest BCUT2D eigenvalue weighted by molar-refractivity contribution is 6.30. The Kier molecular flexibility index (Phi) is 5.19. The van der Waals surface area contributed by atoms with Crippen LogP contribution in [0.25, 0.3) is 0 Å². The summed E-state index contributed by atoms with van der Waals surface area (Å²) in [5.74, 6) is 0.325. The molecule has 2 N–H and O–H groups in total. The summed E-state index contributed by atoms with van der Waals surface area (Å²) in [6.07, 6.45) is -1.81. The lowest BCUT2D eigenvalue weighted by Gasteiger charge is -2.41. The molecule has 158 valence electrons. The van der Waals surface area contributed by atoms with Crippen molar-refractivity contribution in [1.82, 2.24) is 9.80 Å². The molecule has 0 aromatic heterocycles.